The summed E-state index contributed by atoms with van der Waals surface area (Å²) in [5.74, 6) is -1.38. The molecule has 1 heterocycles. The maximum Gasteiger partial charge on any atom is 0.408 e. The van der Waals surface area contributed by atoms with Gasteiger partial charge in [-0.15, -0.1) is 0 Å². The molecule has 0 spiro atoms. The summed E-state index contributed by atoms with van der Waals surface area (Å²) in [6.07, 6.45) is -0.966. The number of carbonyl (C=O) groups is 2. The maximum atomic E-state index is 11.6. The summed E-state index contributed by atoms with van der Waals surface area (Å²) in [6.45, 7) is 4.95. The van der Waals surface area contributed by atoms with Gasteiger partial charge in [0.05, 0.1) is 5.69 Å². The molecule has 0 saturated heterocycles. The van der Waals surface area contributed by atoms with Crippen molar-refractivity contribution in [1.82, 2.24) is 10.3 Å². The Kier molecular flexibility index (Phi) is 5.04. The molecule has 1 aromatic heterocycles. The van der Waals surface area contributed by atoms with Gasteiger partial charge in [0.1, 0.15) is 11.7 Å². The van der Waals surface area contributed by atoms with Crippen molar-refractivity contribution >= 4 is 12.1 Å². The number of carboxylic acid groups (broad SMARTS) is 1. The normalized spacial score (nSPS) is 14.2. The molecule has 110 valence electrons. The second-order valence-electron chi connectivity index (χ2n) is 5.16. The highest BCUT2D eigenvalue weighted by molar-refractivity contribution is 5.80. The number of amides is 1. The number of hydrogen-bond donors (Lipinski definition) is 3. The number of pyridine rings is 1. The third kappa shape index (κ3) is 4.85. The standard InChI is InChI=1S/C13H18N2O5/c1-13(2,3)20-12(19)15-9(11(17)18)10(16)8-6-4-5-7-14-8/h4-7,9-10,16H,1-3H3,(H,15,19)(H,17,18). The zero-order valence-corrected chi connectivity index (χ0v) is 11.5. The highest BCUT2D eigenvalue weighted by Gasteiger charge is 2.31. The lowest BCUT2D eigenvalue weighted by Crippen LogP contribution is -2.47. The number of hydrogen-bond acceptors (Lipinski definition) is 5. The number of rotatable bonds is 4. The van der Waals surface area contributed by atoms with Gasteiger partial charge in [-0.2, -0.15) is 0 Å². The molecule has 1 aromatic rings. The minimum atomic E-state index is -1.54. The van der Waals surface area contributed by atoms with Crippen molar-refractivity contribution in [1.29, 1.82) is 0 Å². The maximum absolute atomic E-state index is 11.6. The van der Waals surface area contributed by atoms with E-state index in [1.807, 2.05) is 0 Å². The van der Waals surface area contributed by atoms with E-state index in [0.29, 0.717) is 0 Å². The van der Waals surface area contributed by atoms with Crippen LogP contribution >= 0.6 is 0 Å². The Morgan fingerprint density at radius 3 is 2.45 bits per heavy atom. The number of ether oxygens (including phenoxy) is 1. The number of nitrogens with one attached hydrogen (secondary N) is 1. The van der Waals surface area contributed by atoms with Crippen molar-refractivity contribution in [3.05, 3.63) is 30.1 Å². The smallest absolute Gasteiger partial charge is 0.408 e. The van der Waals surface area contributed by atoms with E-state index in [9.17, 15) is 14.7 Å². The van der Waals surface area contributed by atoms with E-state index >= 15 is 0 Å². The molecule has 0 radical (unpaired) electrons. The summed E-state index contributed by atoms with van der Waals surface area (Å²) >= 11 is 0. The molecule has 0 aromatic carbocycles. The molecule has 0 aliphatic carbocycles. The first kappa shape index (κ1) is 15.9. The van der Waals surface area contributed by atoms with Gasteiger partial charge in [-0.25, -0.2) is 9.59 Å². The Morgan fingerprint density at radius 2 is 2.00 bits per heavy atom. The minimum absolute atomic E-state index is 0.149. The lowest BCUT2D eigenvalue weighted by atomic mass is 10.1. The molecule has 20 heavy (non-hydrogen) atoms. The van der Waals surface area contributed by atoms with Gasteiger partial charge >= 0.3 is 12.1 Å². The van der Waals surface area contributed by atoms with Gasteiger partial charge in [0.2, 0.25) is 0 Å². The molecular weight excluding hydrogens is 264 g/mol. The molecule has 0 fully saturated rings. The molecule has 7 nitrogen and oxygen atoms in total. The highest BCUT2D eigenvalue weighted by atomic mass is 16.6. The topological polar surface area (TPSA) is 109 Å². The Morgan fingerprint density at radius 1 is 1.35 bits per heavy atom. The van der Waals surface area contributed by atoms with Crippen molar-refractivity contribution in [2.45, 2.75) is 38.5 Å². The van der Waals surface area contributed by atoms with E-state index < -0.39 is 29.8 Å². The van der Waals surface area contributed by atoms with E-state index in [-0.39, 0.29) is 5.69 Å². The number of aliphatic carboxylic acids is 1. The van der Waals surface area contributed by atoms with Gasteiger partial charge in [-0.3, -0.25) is 4.98 Å². The molecule has 2 unspecified atom stereocenters. The van der Waals surface area contributed by atoms with Crippen molar-refractivity contribution in [2.75, 3.05) is 0 Å². The van der Waals surface area contributed by atoms with E-state index in [2.05, 4.69) is 10.3 Å². The summed E-state index contributed by atoms with van der Waals surface area (Å²) in [5, 5.41) is 21.2. The molecule has 0 aliphatic rings. The van der Waals surface area contributed by atoms with Gasteiger partial charge in [-0.1, -0.05) is 6.07 Å². The fraction of sp³-hybridized carbons (Fsp3) is 0.462. The van der Waals surface area contributed by atoms with Crippen LogP contribution in [0, 0.1) is 0 Å². The van der Waals surface area contributed by atoms with E-state index in [4.69, 9.17) is 9.84 Å². The van der Waals surface area contributed by atoms with Crippen LogP contribution in [0.25, 0.3) is 0 Å². The van der Waals surface area contributed by atoms with Crippen molar-refractivity contribution in [3.8, 4) is 0 Å². The number of nitrogens with zero attached hydrogens (tertiary/aromatic N) is 1. The second kappa shape index (κ2) is 6.33. The number of carboxylic acids is 1. The lowest BCUT2D eigenvalue weighted by Gasteiger charge is -2.24. The molecule has 0 saturated carbocycles. The van der Waals surface area contributed by atoms with E-state index in [1.165, 1.54) is 12.3 Å². The number of alkyl carbamates (subject to hydrolysis) is 1. The van der Waals surface area contributed by atoms with Crippen LogP contribution in [0.15, 0.2) is 24.4 Å². The van der Waals surface area contributed by atoms with Crippen LogP contribution in [-0.4, -0.2) is 38.9 Å². The summed E-state index contributed by atoms with van der Waals surface area (Å²) in [7, 11) is 0. The summed E-state index contributed by atoms with van der Waals surface area (Å²) in [4.78, 5) is 26.6. The number of aliphatic hydroxyl groups is 1. The number of aromatic nitrogens is 1. The van der Waals surface area contributed by atoms with Crippen molar-refractivity contribution in [2.24, 2.45) is 0 Å². The second-order valence-corrected chi connectivity index (χ2v) is 5.16. The van der Waals surface area contributed by atoms with Crippen LogP contribution in [0.4, 0.5) is 4.79 Å². The summed E-state index contributed by atoms with van der Waals surface area (Å²) in [6, 6.07) is 3.17. The predicted molar refractivity (Wildman–Crippen MR) is 70.0 cm³/mol. The third-order valence-electron chi connectivity index (χ3n) is 2.24. The molecule has 2 atom stereocenters. The Bertz CT molecular complexity index is 469. The first-order valence-electron chi connectivity index (χ1n) is 6.02. The average molecular weight is 282 g/mol. The van der Waals surface area contributed by atoms with Gasteiger partial charge in [0.15, 0.2) is 6.04 Å². The SMILES string of the molecule is CC(C)(C)OC(=O)NC(C(=O)O)C(O)c1ccccn1. The molecule has 1 amide bonds. The molecule has 3 N–H and O–H groups in total. The number of carbonyl (C=O) groups excluding carboxylic acids is 1. The number of aliphatic hydroxyl groups excluding tert-OH is 1. The quantitative estimate of drug-likeness (QED) is 0.762. The Hall–Kier alpha value is -2.15. The zero-order valence-electron chi connectivity index (χ0n) is 11.5. The van der Waals surface area contributed by atoms with Crippen LogP contribution < -0.4 is 5.32 Å². The highest BCUT2D eigenvalue weighted by Crippen LogP contribution is 2.15. The fourth-order valence-electron chi connectivity index (χ4n) is 1.43. The minimum Gasteiger partial charge on any atom is -0.480 e. The van der Waals surface area contributed by atoms with Crippen molar-refractivity contribution in [3.63, 3.8) is 0 Å². The van der Waals surface area contributed by atoms with Crippen molar-refractivity contribution < 1.29 is 24.5 Å². The van der Waals surface area contributed by atoms with Gasteiger partial charge in [0, 0.05) is 6.20 Å². The zero-order chi connectivity index (χ0) is 15.3. The average Bonchev–Trinajstić information content (AvgIpc) is 2.34. The Labute approximate surface area is 116 Å². The van der Waals surface area contributed by atoms with E-state index in [0.717, 1.165) is 0 Å². The van der Waals surface area contributed by atoms with Crippen LogP contribution in [0.3, 0.4) is 0 Å². The van der Waals surface area contributed by atoms with Gasteiger partial charge < -0.3 is 20.3 Å². The Balaban J connectivity index is 2.80. The molecule has 0 bridgehead atoms. The molecule has 0 aliphatic heterocycles. The lowest BCUT2D eigenvalue weighted by molar-refractivity contribution is -0.142. The first-order chi connectivity index (χ1) is 9.20. The predicted octanol–water partition coefficient (Wildman–Crippen LogP) is 1.09. The third-order valence-corrected chi connectivity index (χ3v) is 2.24. The summed E-state index contributed by atoms with van der Waals surface area (Å²) < 4.78 is 4.96. The van der Waals surface area contributed by atoms with Crippen LogP contribution in [-0.2, 0) is 9.53 Å². The van der Waals surface area contributed by atoms with Gasteiger partial charge in [-0.05, 0) is 32.9 Å². The van der Waals surface area contributed by atoms with Gasteiger partial charge in [0.25, 0.3) is 0 Å². The van der Waals surface area contributed by atoms with Crippen LogP contribution in [0.5, 0.6) is 0 Å². The van der Waals surface area contributed by atoms with E-state index in [1.54, 1.807) is 32.9 Å². The fourth-order valence-corrected chi connectivity index (χ4v) is 1.43. The molecule has 7 heteroatoms. The van der Waals surface area contributed by atoms with Crippen LogP contribution in [0.2, 0.25) is 0 Å². The first-order valence-corrected chi connectivity index (χ1v) is 6.02. The van der Waals surface area contributed by atoms with Crippen LogP contribution in [0.1, 0.15) is 32.6 Å². The largest absolute Gasteiger partial charge is 0.480 e. The molecule has 1 rings (SSSR count). The summed E-state index contributed by atoms with van der Waals surface area (Å²) in [5.41, 5.74) is -0.612. The monoisotopic (exact) mass is 282 g/mol. The molecular formula is C13H18N2O5.